The summed E-state index contributed by atoms with van der Waals surface area (Å²) in [5, 5.41) is 21.9. The first kappa shape index (κ1) is 15.2. The molecule has 0 saturated heterocycles. The minimum absolute atomic E-state index is 0.445. The van der Waals surface area contributed by atoms with Crippen LogP contribution in [0.1, 0.15) is 5.56 Å². The second-order valence-corrected chi connectivity index (χ2v) is 6.17. The number of rotatable bonds is 3. The van der Waals surface area contributed by atoms with E-state index in [9.17, 15) is 5.26 Å². The fourth-order valence-electron chi connectivity index (χ4n) is 3.15. The number of anilines is 2. The Morgan fingerprint density at radius 3 is 2.81 bits per heavy atom. The molecule has 128 valence electrons. The maximum Gasteiger partial charge on any atom is 0.139 e. The van der Waals surface area contributed by atoms with E-state index in [1.54, 1.807) is 18.6 Å². The minimum atomic E-state index is 0.445. The lowest BCUT2D eigenvalue weighted by Gasteiger charge is -2.12. The van der Waals surface area contributed by atoms with Crippen LogP contribution >= 0.6 is 0 Å². The lowest BCUT2D eigenvalue weighted by molar-refractivity contribution is 0.631. The van der Waals surface area contributed by atoms with Crippen LogP contribution in [-0.2, 0) is 0 Å². The van der Waals surface area contributed by atoms with E-state index >= 15 is 0 Å². The first-order valence-corrected chi connectivity index (χ1v) is 8.39. The highest BCUT2D eigenvalue weighted by atomic mass is 16.3. The molecule has 0 aliphatic heterocycles. The summed E-state index contributed by atoms with van der Waals surface area (Å²) in [5.74, 6) is 0.660. The molecular weight excluding hydrogens is 338 g/mol. The van der Waals surface area contributed by atoms with Crippen molar-refractivity contribution in [2.45, 2.75) is 0 Å². The van der Waals surface area contributed by atoms with Gasteiger partial charge in [0.2, 0.25) is 0 Å². The summed E-state index contributed by atoms with van der Waals surface area (Å²) >= 11 is 0. The summed E-state index contributed by atoms with van der Waals surface area (Å²) in [6.45, 7) is 0. The van der Waals surface area contributed by atoms with Gasteiger partial charge in [-0.25, -0.2) is 0 Å². The summed E-state index contributed by atoms with van der Waals surface area (Å²) in [7, 11) is 0. The molecule has 5 aromatic rings. The molecule has 27 heavy (non-hydrogen) atoms. The quantitative estimate of drug-likeness (QED) is 0.478. The van der Waals surface area contributed by atoms with E-state index in [0.29, 0.717) is 17.0 Å². The van der Waals surface area contributed by atoms with Crippen molar-refractivity contribution in [1.29, 1.82) is 5.26 Å². The summed E-state index contributed by atoms with van der Waals surface area (Å²) < 4.78 is 5.99. The van der Waals surface area contributed by atoms with Crippen LogP contribution in [0.25, 0.3) is 33.2 Å². The molecule has 0 aliphatic carbocycles. The molecule has 2 aromatic carbocycles. The first-order chi connectivity index (χ1) is 13.3. The number of furan rings is 1. The van der Waals surface area contributed by atoms with Crippen molar-refractivity contribution in [1.82, 2.24) is 15.2 Å². The number of aromatic amines is 1. The Balaban J connectivity index is 1.65. The predicted molar refractivity (Wildman–Crippen MR) is 104 cm³/mol. The Labute approximate surface area is 154 Å². The van der Waals surface area contributed by atoms with E-state index < -0.39 is 0 Å². The van der Waals surface area contributed by atoms with Gasteiger partial charge in [-0.05, 0) is 30.3 Å². The number of fused-ring (bicyclic) bond motifs is 2. The molecule has 0 spiro atoms. The standard InChI is InChI=1S/C21H13N5O/c22-9-15-10-23-12-17(20-8-13-3-1-2-4-19(13)27-20)21(15)25-16-5-6-18-14(7-16)11-24-26-18/h1-8,10-12H,(H,23,25)(H,24,26). The van der Waals surface area contributed by atoms with Crippen molar-refractivity contribution < 1.29 is 4.42 Å². The Hall–Kier alpha value is -4.11. The lowest BCUT2D eigenvalue weighted by Crippen LogP contribution is -1.97. The minimum Gasteiger partial charge on any atom is -0.456 e. The molecular formula is C21H13N5O. The molecule has 0 bridgehead atoms. The zero-order valence-electron chi connectivity index (χ0n) is 14.1. The maximum absolute atomic E-state index is 9.57. The van der Waals surface area contributed by atoms with E-state index in [1.165, 1.54) is 0 Å². The van der Waals surface area contributed by atoms with Gasteiger partial charge >= 0.3 is 0 Å². The number of para-hydroxylation sites is 1. The molecule has 3 aromatic heterocycles. The van der Waals surface area contributed by atoms with Gasteiger partial charge in [-0.3, -0.25) is 10.1 Å². The van der Waals surface area contributed by atoms with Crippen LogP contribution in [-0.4, -0.2) is 15.2 Å². The van der Waals surface area contributed by atoms with Crippen LogP contribution in [0.4, 0.5) is 11.4 Å². The number of nitrogens with zero attached hydrogens (tertiary/aromatic N) is 3. The molecule has 0 amide bonds. The Kier molecular flexibility index (Phi) is 3.37. The van der Waals surface area contributed by atoms with Gasteiger partial charge in [0.25, 0.3) is 0 Å². The summed E-state index contributed by atoms with van der Waals surface area (Å²) in [6.07, 6.45) is 5.01. The molecule has 6 heteroatoms. The largest absolute Gasteiger partial charge is 0.456 e. The van der Waals surface area contributed by atoms with E-state index in [1.807, 2.05) is 48.5 Å². The highest BCUT2D eigenvalue weighted by Crippen LogP contribution is 2.36. The molecule has 6 nitrogen and oxygen atoms in total. The lowest BCUT2D eigenvalue weighted by atomic mass is 10.1. The molecule has 0 unspecified atom stereocenters. The summed E-state index contributed by atoms with van der Waals surface area (Å²) in [5.41, 5.74) is 4.44. The number of nitriles is 1. The Morgan fingerprint density at radius 1 is 1.00 bits per heavy atom. The van der Waals surface area contributed by atoms with E-state index in [0.717, 1.165) is 33.1 Å². The van der Waals surface area contributed by atoms with Crippen LogP contribution in [0.2, 0.25) is 0 Å². The fraction of sp³-hybridized carbons (Fsp3) is 0. The molecule has 3 heterocycles. The van der Waals surface area contributed by atoms with Crippen LogP contribution in [0.15, 0.2) is 71.5 Å². The fourth-order valence-corrected chi connectivity index (χ4v) is 3.15. The average Bonchev–Trinajstić information content (AvgIpc) is 3.34. The third-order valence-electron chi connectivity index (χ3n) is 4.47. The topological polar surface area (TPSA) is 90.5 Å². The van der Waals surface area contributed by atoms with Gasteiger partial charge in [-0.1, -0.05) is 18.2 Å². The van der Waals surface area contributed by atoms with Gasteiger partial charge in [-0.2, -0.15) is 10.4 Å². The highest BCUT2D eigenvalue weighted by Gasteiger charge is 2.15. The molecule has 0 radical (unpaired) electrons. The normalized spacial score (nSPS) is 10.9. The Bertz CT molecular complexity index is 1290. The van der Waals surface area contributed by atoms with Gasteiger partial charge in [0.15, 0.2) is 0 Å². The second-order valence-electron chi connectivity index (χ2n) is 6.17. The van der Waals surface area contributed by atoms with Crippen molar-refractivity contribution in [3.05, 3.63) is 72.7 Å². The van der Waals surface area contributed by atoms with Crippen molar-refractivity contribution in [2.75, 3.05) is 5.32 Å². The van der Waals surface area contributed by atoms with Gasteiger partial charge in [-0.15, -0.1) is 0 Å². The predicted octanol–water partition coefficient (Wildman–Crippen LogP) is 4.99. The van der Waals surface area contributed by atoms with E-state index in [4.69, 9.17) is 4.42 Å². The molecule has 0 fully saturated rings. The zero-order chi connectivity index (χ0) is 18.2. The van der Waals surface area contributed by atoms with Crippen LogP contribution in [0.5, 0.6) is 0 Å². The third kappa shape index (κ3) is 2.58. The van der Waals surface area contributed by atoms with Crippen LogP contribution < -0.4 is 5.32 Å². The van der Waals surface area contributed by atoms with Gasteiger partial charge in [0, 0.05) is 28.9 Å². The third-order valence-corrected chi connectivity index (χ3v) is 4.47. The second kappa shape index (κ2) is 6.00. The number of H-pyrrole nitrogens is 1. The van der Waals surface area contributed by atoms with Crippen molar-refractivity contribution >= 4 is 33.2 Å². The number of nitrogens with one attached hydrogen (secondary N) is 2. The van der Waals surface area contributed by atoms with E-state index in [-0.39, 0.29) is 0 Å². The van der Waals surface area contributed by atoms with Crippen molar-refractivity contribution in [3.8, 4) is 17.4 Å². The van der Waals surface area contributed by atoms with Crippen LogP contribution in [0, 0.1) is 11.3 Å². The van der Waals surface area contributed by atoms with Gasteiger partial charge < -0.3 is 9.73 Å². The smallest absolute Gasteiger partial charge is 0.139 e. The number of pyridine rings is 1. The van der Waals surface area contributed by atoms with Gasteiger partial charge in [0.05, 0.1) is 28.5 Å². The monoisotopic (exact) mass is 351 g/mol. The number of hydrogen-bond acceptors (Lipinski definition) is 5. The molecule has 0 saturated carbocycles. The first-order valence-electron chi connectivity index (χ1n) is 8.39. The van der Waals surface area contributed by atoms with Crippen molar-refractivity contribution in [3.63, 3.8) is 0 Å². The zero-order valence-corrected chi connectivity index (χ0v) is 14.1. The van der Waals surface area contributed by atoms with Crippen molar-refractivity contribution in [2.24, 2.45) is 0 Å². The van der Waals surface area contributed by atoms with E-state index in [2.05, 4.69) is 26.6 Å². The number of aromatic nitrogens is 3. The van der Waals surface area contributed by atoms with Gasteiger partial charge in [0.1, 0.15) is 17.4 Å². The number of benzene rings is 2. The maximum atomic E-state index is 9.57. The molecule has 0 atom stereocenters. The molecule has 2 N–H and O–H groups in total. The molecule has 5 rings (SSSR count). The Morgan fingerprint density at radius 2 is 1.93 bits per heavy atom. The SMILES string of the molecule is N#Cc1cncc(-c2cc3ccccc3o2)c1Nc1ccc2[nH]ncc2c1. The number of hydrogen-bond donors (Lipinski definition) is 2. The highest BCUT2D eigenvalue weighted by molar-refractivity contribution is 5.90. The average molecular weight is 351 g/mol. The summed E-state index contributed by atoms with van der Waals surface area (Å²) in [6, 6.07) is 17.8. The van der Waals surface area contributed by atoms with Crippen LogP contribution in [0.3, 0.4) is 0 Å². The summed E-state index contributed by atoms with van der Waals surface area (Å²) in [4.78, 5) is 4.21. The molecule has 0 aliphatic rings.